The summed E-state index contributed by atoms with van der Waals surface area (Å²) in [6, 6.07) is 13.7. The molecule has 3 aromatic rings. The molecule has 0 spiro atoms. The minimum Gasteiger partial charge on any atom is -0.497 e. The summed E-state index contributed by atoms with van der Waals surface area (Å²) in [5, 5.41) is 1.06. The second-order valence-corrected chi connectivity index (χ2v) is 6.74. The Morgan fingerprint density at radius 3 is 3.08 bits per heavy atom. The third kappa shape index (κ3) is 3.17. The fourth-order valence-electron chi connectivity index (χ4n) is 3.03. The van der Waals surface area contributed by atoms with Crippen LogP contribution >= 0.6 is 11.5 Å². The summed E-state index contributed by atoms with van der Waals surface area (Å²) >= 11 is 1.44. The molecule has 5 nitrogen and oxygen atoms in total. The molecule has 0 bridgehead atoms. The SMILES string of the molecule is COc1ccc2c(c1)CN(C(=O)Cc1nsc3ccccc13)CCO2. The highest BCUT2D eigenvalue weighted by Crippen LogP contribution is 2.28. The molecular weight excluding hydrogens is 336 g/mol. The third-order valence-electron chi connectivity index (χ3n) is 4.37. The molecule has 4 rings (SSSR count). The van der Waals surface area contributed by atoms with E-state index in [4.69, 9.17) is 9.47 Å². The van der Waals surface area contributed by atoms with Crippen molar-refractivity contribution in [2.24, 2.45) is 0 Å². The maximum Gasteiger partial charge on any atom is 0.229 e. The van der Waals surface area contributed by atoms with Crippen molar-refractivity contribution in [3.05, 3.63) is 53.7 Å². The minimum atomic E-state index is 0.0651. The molecule has 0 aliphatic carbocycles. The number of amides is 1. The van der Waals surface area contributed by atoms with E-state index >= 15 is 0 Å². The van der Waals surface area contributed by atoms with Crippen molar-refractivity contribution in [1.29, 1.82) is 0 Å². The highest BCUT2D eigenvalue weighted by atomic mass is 32.1. The van der Waals surface area contributed by atoms with Gasteiger partial charge in [0, 0.05) is 17.5 Å². The molecular formula is C19H18N2O3S. The standard InChI is InChI=1S/C19H18N2O3S/c1-23-14-6-7-17-13(10-14)12-21(8-9-24-17)19(22)11-16-15-4-2-3-5-18(15)25-20-16/h2-7,10H,8-9,11-12H2,1H3. The molecule has 0 fully saturated rings. The zero-order chi connectivity index (χ0) is 17.2. The van der Waals surface area contributed by atoms with Crippen molar-refractivity contribution < 1.29 is 14.3 Å². The first-order valence-corrected chi connectivity index (χ1v) is 8.93. The van der Waals surface area contributed by atoms with Crippen molar-refractivity contribution in [3.63, 3.8) is 0 Å². The van der Waals surface area contributed by atoms with Gasteiger partial charge in [-0.05, 0) is 35.8 Å². The van der Waals surface area contributed by atoms with Gasteiger partial charge in [0.2, 0.25) is 5.91 Å². The number of methoxy groups -OCH3 is 1. The van der Waals surface area contributed by atoms with Crippen LogP contribution in [-0.2, 0) is 17.8 Å². The van der Waals surface area contributed by atoms with Gasteiger partial charge in [0.05, 0.1) is 30.5 Å². The largest absolute Gasteiger partial charge is 0.497 e. The number of ether oxygens (including phenoxy) is 2. The van der Waals surface area contributed by atoms with Crippen molar-refractivity contribution in [2.45, 2.75) is 13.0 Å². The average Bonchev–Trinajstić information content (AvgIpc) is 2.92. The summed E-state index contributed by atoms with van der Waals surface area (Å²) in [4.78, 5) is 14.7. The number of carbonyl (C=O) groups excluding carboxylic acids is 1. The number of nitrogens with zero attached hydrogens (tertiary/aromatic N) is 2. The fraction of sp³-hybridized carbons (Fsp3) is 0.263. The molecule has 1 aromatic heterocycles. The van der Waals surface area contributed by atoms with E-state index in [1.807, 2.05) is 47.4 Å². The van der Waals surface area contributed by atoms with Gasteiger partial charge in [-0.15, -0.1) is 0 Å². The summed E-state index contributed by atoms with van der Waals surface area (Å²) < 4.78 is 16.6. The Labute approximate surface area is 150 Å². The molecule has 0 N–H and O–H groups in total. The Morgan fingerprint density at radius 1 is 1.32 bits per heavy atom. The van der Waals surface area contributed by atoms with E-state index in [-0.39, 0.29) is 5.91 Å². The van der Waals surface area contributed by atoms with E-state index in [0.29, 0.717) is 26.1 Å². The molecule has 25 heavy (non-hydrogen) atoms. The molecule has 0 atom stereocenters. The molecule has 1 amide bonds. The lowest BCUT2D eigenvalue weighted by Gasteiger charge is -2.19. The maximum absolute atomic E-state index is 12.8. The number of benzene rings is 2. The van der Waals surface area contributed by atoms with Crippen molar-refractivity contribution in [2.75, 3.05) is 20.3 Å². The van der Waals surface area contributed by atoms with Crippen LogP contribution in [0.3, 0.4) is 0 Å². The monoisotopic (exact) mass is 354 g/mol. The van der Waals surface area contributed by atoms with Crippen LogP contribution in [-0.4, -0.2) is 35.4 Å². The zero-order valence-corrected chi connectivity index (χ0v) is 14.7. The number of carbonyl (C=O) groups is 1. The van der Waals surface area contributed by atoms with Crippen molar-refractivity contribution in [3.8, 4) is 11.5 Å². The van der Waals surface area contributed by atoms with E-state index in [1.54, 1.807) is 7.11 Å². The van der Waals surface area contributed by atoms with Crippen LogP contribution in [0.5, 0.6) is 11.5 Å². The molecule has 0 unspecified atom stereocenters. The Kier molecular flexibility index (Phi) is 4.28. The van der Waals surface area contributed by atoms with Gasteiger partial charge < -0.3 is 14.4 Å². The Hall–Kier alpha value is -2.60. The molecule has 0 saturated heterocycles. The normalized spacial score (nSPS) is 13.9. The number of hydrogen-bond donors (Lipinski definition) is 0. The first kappa shape index (κ1) is 15.9. The number of rotatable bonds is 3. The van der Waals surface area contributed by atoms with E-state index < -0.39 is 0 Å². The van der Waals surface area contributed by atoms with Gasteiger partial charge in [-0.25, -0.2) is 0 Å². The Bertz CT molecular complexity index is 922. The zero-order valence-electron chi connectivity index (χ0n) is 13.9. The summed E-state index contributed by atoms with van der Waals surface area (Å²) in [5.41, 5.74) is 1.81. The molecule has 1 aliphatic heterocycles. The van der Waals surface area contributed by atoms with Gasteiger partial charge in [-0.2, -0.15) is 4.37 Å². The van der Waals surface area contributed by atoms with Crippen LogP contribution in [0.1, 0.15) is 11.3 Å². The number of aromatic nitrogens is 1. The molecule has 0 radical (unpaired) electrons. The summed E-state index contributed by atoms with van der Waals surface area (Å²) in [6.45, 7) is 1.58. The number of hydrogen-bond acceptors (Lipinski definition) is 5. The minimum absolute atomic E-state index is 0.0651. The molecule has 1 aliphatic rings. The van der Waals surface area contributed by atoms with Gasteiger partial charge in [0.15, 0.2) is 0 Å². The summed E-state index contributed by atoms with van der Waals surface area (Å²) in [7, 11) is 1.63. The summed E-state index contributed by atoms with van der Waals surface area (Å²) in [6.07, 6.45) is 0.309. The van der Waals surface area contributed by atoms with Gasteiger partial charge in [-0.1, -0.05) is 18.2 Å². The smallest absolute Gasteiger partial charge is 0.229 e. The molecule has 128 valence electrons. The summed E-state index contributed by atoms with van der Waals surface area (Å²) in [5.74, 6) is 1.65. The predicted molar refractivity (Wildman–Crippen MR) is 97.2 cm³/mol. The second kappa shape index (κ2) is 6.72. The molecule has 6 heteroatoms. The fourth-order valence-corrected chi connectivity index (χ4v) is 3.83. The maximum atomic E-state index is 12.8. The quantitative estimate of drug-likeness (QED) is 0.724. The van der Waals surface area contributed by atoms with Crippen molar-refractivity contribution in [1.82, 2.24) is 9.27 Å². The van der Waals surface area contributed by atoms with Crippen molar-refractivity contribution >= 4 is 27.5 Å². The van der Waals surface area contributed by atoms with Gasteiger partial charge in [0.25, 0.3) is 0 Å². The molecule has 2 aromatic carbocycles. The van der Waals surface area contributed by atoms with E-state index in [1.165, 1.54) is 11.5 Å². The van der Waals surface area contributed by atoms with E-state index in [2.05, 4.69) is 4.37 Å². The van der Waals surface area contributed by atoms with Crippen LogP contribution in [0.25, 0.3) is 10.1 Å². The lowest BCUT2D eigenvalue weighted by Crippen LogP contribution is -2.33. The average molecular weight is 354 g/mol. The van der Waals surface area contributed by atoms with E-state index in [0.717, 1.165) is 32.8 Å². The first-order chi connectivity index (χ1) is 12.2. The Balaban J connectivity index is 1.55. The first-order valence-electron chi connectivity index (χ1n) is 8.15. The third-order valence-corrected chi connectivity index (χ3v) is 5.24. The highest BCUT2D eigenvalue weighted by molar-refractivity contribution is 7.13. The lowest BCUT2D eigenvalue weighted by atomic mass is 10.1. The predicted octanol–water partition coefficient (Wildman–Crippen LogP) is 3.27. The van der Waals surface area contributed by atoms with Gasteiger partial charge in [-0.3, -0.25) is 4.79 Å². The van der Waals surface area contributed by atoms with Crippen LogP contribution in [0.15, 0.2) is 42.5 Å². The van der Waals surface area contributed by atoms with Gasteiger partial charge >= 0.3 is 0 Å². The van der Waals surface area contributed by atoms with E-state index in [9.17, 15) is 4.79 Å². The van der Waals surface area contributed by atoms with Crippen LogP contribution in [0.4, 0.5) is 0 Å². The van der Waals surface area contributed by atoms with Crippen LogP contribution in [0.2, 0.25) is 0 Å². The second-order valence-electron chi connectivity index (χ2n) is 5.94. The van der Waals surface area contributed by atoms with Gasteiger partial charge in [0.1, 0.15) is 18.1 Å². The molecule has 0 saturated carbocycles. The van der Waals surface area contributed by atoms with Crippen LogP contribution < -0.4 is 9.47 Å². The molecule has 2 heterocycles. The lowest BCUT2D eigenvalue weighted by molar-refractivity contribution is -0.131. The van der Waals surface area contributed by atoms with Crippen LogP contribution in [0, 0.1) is 0 Å². The number of fused-ring (bicyclic) bond motifs is 2. The highest BCUT2D eigenvalue weighted by Gasteiger charge is 2.22. The topological polar surface area (TPSA) is 51.7 Å². The Morgan fingerprint density at radius 2 is 2.20 bits per heavy atom.